The van der Waals surface area contributed by atoms with E-state index in [4.69, 9.17) is 4.74 Å². The van der Waals surface area contributed by atoms with Crippen molar-refractivity contribution < 1.29 is 27.5 Å². The van der Waals surface area contributed by atoms with E-state index < -0.39 is 17.8 Å². The van der Waals surface area contributed by atoms with Crippen LogP contribution in [0.5, 0.6) is 5.75 Å². The number of urea groups is 1. The minimum absolute atomic E-state index is 0.0752. The molecule has 1 heterocycles. The second-order valence-corrected chi connectivity index (χ2v) is 6.88. The lowest BCUT2D eigenvalue weighted by molar-refractivity contribution is -0.136. The summed E-state index contributed by atoms with van der Waals surface area (Å²) in [7, 11) is 0. The monoisotopic (exact) mass is 421 g/mol. The maximum absolute atomic E-state index is 13.0. The molecule has 1 fully saturated rings. The quantitative estimate of drug-likeness (QED) is 0.732. The van der Waals surface area contributed by atoms with Gasteiger partial charge in [0.1, 0.15) is 5.75 Å². The molecule has 2 aromatic rings. The fraction of sp³-hybridized carbons (Fsp3) is 0.333. The smallest absolute Gasteiger partial charge is 0.418 e. The molecule has 1 atom stereocenters. The first-order valence-electron chi connectivity index (χ1n) is 9.52. The number of benzene rings is 2. The number of amides is 3. The third-order valence-electron chi connectivity index (χ3n) is 4.70. The molecule has 0 spiro atoms. The van der Waals surface area contributed by atoms with Crippen molar-refractivity contribution in [1.82, 2.24) is 5.32 Å². The number of nitrogens with zero attached hydrogens (tertiary/aromatic N) is 1. The van der Waals surface area contributed by atoms with E-state index in [1.54, 1.807) is 29.2 Å². The van der Waals surface area contributed by atoms with Crippen LogP contribution < -0.4 is 20.3 Å². The predicted octanol–water partition coefficient (Wildman–Crippen LogP) is 4.28. The van der Waals surface area contributed by atoms with Crippen molar-refractivity contribution in [2.24, 2.45) is 5.92 Å². The first kappa shape index (κ1) is 21.5. The highest BCUT2D eigenvalue weighted by Crippen LogP contribution is 2.34. The van der Waals surface area contributed by atoms with Crippen molar-refractivity contribution in [2.45, 2.75) is 19.5 Å². The molecule has 3 rings (SSSR count). The third kappa shape index (κ3) is 5.22. The number of nitrogens with one attached hydrogen (secondary N) is 2. The molecule has 160 valence electrons. The maximum atomic E-state index is 13.0. The molecule has 0 aromatic heterocycles. The van der Waals surface area contributed by atoms with E-state index in [2.05, 4.69) is 10.6 Å². The Bertz CT molecular complexity index is 900. The zero-order chi connectivity index (χ0) is 21.7. The summed E-state index contributed by atoms with van der Waals surface area (Å²) in [4.78, 5) is 26.0. The highest BCUT2D eigenvalue weighted by atomic mass is 19.4. The van der Waals surface area contributed by atoms with Crippen LogP contribution >= 0.6 is 0 Å². The Morgan fingerprint density at radius 3 is 2.53 bits per heavy atom. The van der Waals surface area contributed by atoms with Crippen LogP contribution in [0.4, 0.5) is 29.3 Å². The molecular weight excluding hydrogens is 399 g/mol. The summed E-state index contributed by atoms with van der Waals surface area (Å²) in [6.07, 6.45) is -4.33. The molecule has 0 bridgehead atoms. The Hall–Kier alpha value is -3.23. The number of ether oxygens (including phenoxy) is 1. The predicted molar refractivity (Wildman–Crippen MR) is 107 cm³/mol. The van der Waals surface area contributed by atoms with E-state index >= 15 is 0 Å². The summed E-state index contributed by atoms with van der Waals surface area (Å²) < 4.78 is 44.5. The Morgan fingerprint density at radius 1 is 1.17 bits per heavy atom. The van der Waals surface area contributed by atoms with Gasteiger partial charge in [0.25, 0.3) is 0 Å². The molecule has 9 heteroatoms. The molecule has 1 saturated heterocycles. The lowest BCUT2D eigenvalue weighted by Crippen LogP contribution is -2.34. The zero-order valence-corrected chi connectivity index (χ0v) is 16.3. The lowest BCUT2D eigenvalue weighted by Gasteiger charge is -2.18. The summed E-state index contributed by atoms with van der Waals surface area (Å²) in [5.74, 6) is 0.489. The van der Waals surface area contributed by atoms with Gasteiger partial charge in [-0.3, -0.25) is 4.79 Å². The number of para-hydroxylation sites is 1. The van der Waals surface area contributed by atoms with Crippen LogP contribution in [0.25, 0.3) is 0 Å². The second-order valence-electron chi connectivity index (χ2n) is 6.88. The van der Waals surface area contributed by atoms with Crippen LogP contribution in [0, 0.1) is 5.92 Å². The molecule has 1 aliphatic rings. The molecule has 30 heavy (non-hydrogen) atoms. The van der Waals surface area contributed by atoms with Gasteiger partial charge >= 0.3 is 12.2 Å². The maximum Gasteiger partial charge on any atom is 0.418 e. The highest BCUT2D eigenvalue weighted by molar-refractivity contribution is 5.96. The SMILES string of the molecule is CCOc1ccc(N2C[C@H](CNC(=O)Nc3ccccc3C(F)(F)F)CC2=O)cc1. The summed E-state index contributed by atoms with van der Waals surface area (Å²) in [5, 5.41) is 4.78. The summed E-state index contributed by atoms with van der Waals surface area (Å²) in [5.41, 5.74) is -0.506. The molecule has 6 nitrogen and oxygen atoms in total. The molecule has 0 aliphatic carbocycles. The van der Waals surface area contributed by atoms with Crippen molar-refractivity contribution in [3.63, 3.8) is 0 Å². The van der Waals surface area contributed by atoms with Gasteiger partial charge in [-0.05, 0) is 43.3 Å². The van der Waals surface area contributed by atoms with E-state index in [0.717, 1.165) is 11.8 Å². The third-order valence-corrected chi connectivity index (χ3v) is 4.70. The van der Waals surface area contributed by atoms with Crippen molar-refractivity contribution in [3.8, 4) is 5.75 Å². The van der Waals surface area contributed by atoms with Crippen LogP contribution in [-0.4, -0.2) is 31.6 Å². The van der Waals surface area contributed by atoms with Gasteiger partial charge < -0.3 is 20.3 Å². The Kier molecular flexibility index (Phi) is 6.49. The standard InChI is InChI=1S/C21H22F3N3O3/c1-2-30-16-9-7-15(8-10-16)27-13-14(11-19(27)28)12-25-20(29)26-18-6-4-3-5-17(18)21(22,23)24/h3-10,14H,2,11-13H2,1H3,(H2,25,26,29)/t14-/m0/s1. The van der Waals surface area contributed by atoms with E-state index in [0.29, 0.717) is 18.9 Å². The first-order valence-corrected chi connectivity index (χ1v) is 9.52. The fourth-order valence-electron chi connectivity index (χ4n) is 3.30. The van der Waals surface area contributed by atoms with Gasteiger partial charge in [0.05, 0.1) is 17.9 Å². The number of anilines is 2. The van der Waals surface area contributed by atoms with E-state index in [9.17, 15) is 22.8 Å². The van der Waals surface area contributed by atoms with Crippen molar-refractivity contribution in [3.05, 3.63) is 54.1 Å². The van der Waals surface area contributed by atoms with E-state index in [-0.39, 0.29) is 30.5 Å². The van der Waals surface area contributed by atoms with E-state index in [1.165, 1.54) is 18.2 Å². The van der Waals surface area contributed by atoms with Gasteiger partial charge in [-0.15, -0.1) is 0 Å². The van der Waals surface area contributed by atoms with Gasteiger partial charge in [0.15, 0.2) is 0 Å². The lowest BCUT2D eigenvalue weighted by atomic mass is 10.1. The molecule has 0 saturated carbocycles. The highest BCUT2D eigenvalue weighted by Gasteiger charge is 2.34. The second kappa shape index (κ2) is 9.06. The van der Waals surface area contributed by atoms with Crippen molar-refractivity contribution in [1.29, 1.82) is 0 Å². The average molecular weight is 421 g/mol. The summed E-state index contributed by atoms with van der Waals surface area (Å²) >= 11 is 0. The molecular formula is C21H22F3N3O3. The molecule has 2 N–H and O–H groups in total. The average Bonchev–Trinajstić information content (AvgIpc) is 3.07. The number of hydrogen-bond donors (Lipinski definition) is 2. The summed E-state index contributed by atoms with van der Waals surface area (Å²) in [6.45, 7) is 3.00. The number of alkyl halides is 3. The molecule has 1 aliphatic heterocycles. The van der Waals surface area contributed by atoms with Crippen molar-refractivity contribution >= 4 is 23.3 Å². The Morgan fingerprint density at radius 2 is 1.87 bits per heavy atom. The van der Waals surface area contributed by atoms with Gasteiger partial charge in [-0.1, -0.05) is 12.1 Å². The molecule has 0 radical (unpaired) electrons. The number of carbonyl (C=O) groups is 2. The van der Waals surface area contributed by atoms with Crippen LogP contribution in [0.1, 0.15) is 18.9 Å². The molecule has 0 unspecified atom stereocenters. The van der Waals surface area contributed by atoms with Crippen LogP contribution in [-0.2, 0) is 11.0 Å². The van der Waals surface area contributed by atoms with Gasteiger partial charge in [-0.25, -0.2) is 4.79 Å². The minimum atomic E-state index is -4.57. The number of halogens is 3. The van der Waals surface area contributed by atoms with Gasteiger partial charge in [0.2, 0.25) is 5.91 Å². The Balaban J connectivity index is 1.54. The van der Waals surface area contributed by atoms with Gasteiger partial charge in [0, 0.05) is 31.1 Å². The van der Waals surface area contributed by atoms with Crippen LogP contribution in [0.2, 0.25) is 0 Å². The Labute approximate surface area is 172 Å². The van der Waals surface area contributed by atoms with Gasteiger partial charge in [-0.2, -0.15) is 13.2 Å². The first-order chi connectivity index (χ1) is 14.3. The molecule has 3 amide bonds. The minimum Gasteiger partial charge on any atom is -0.494 e. The van der Waals surface area contributed by atoms with Crippen LogP contribution in [0.3, 0.4) is 0 Å². The molecule has 2 aromatic carbocycles. The zero-order valence-electron chi connectivity index (χ0n) is 16.3. The number of carbonyl (C=O) groups excluding carboxylic acids is 2. The number of hydrogen-bond acceptors (Lipinski definition) is 3. The summed E-state index contributed by atoms with van der Waals surface area (Å²) in [6, 6.07) is 11.2. The normalized spacial score (nSPS) is 16.5. The fourth-order valence-corrected chi connectivity index (χ4v) is 3.30. The van der Waals surface area contributed by atoms with Crippen LogP contribution in [0.15, 0.2) is 48.5 Å². The van der Waals surface area contributed by atoms with E-state index in [1.807, 2.05) is 6.92 Å². The largest absolute Gasteiger partial charge is 0.494 e. The number of rotatable bonds is 6. The topological polar surface area (TPSA) is 70.7 Å². The van der Waals surface area contributed by atoms with Crippen molar-refractivity contribution in [2.75, 3.05) is 29.9 Å².